The molecule has 1 fully saturated rings. The standard InChI is InChI=1S/C12H15NO5S/c14-10(13-8-3-5-17-6-4-8)7-19-11-2-1-9(18-11)12(15)16/h1-2,8H,3-7H2,(H,13,14)(H,15,16). The van der Waals surface area contributed by atoms with Gasteiger partial charge in [-0.05, 0) is 25.0 Å². The number of carbonyl (C=O) groups excluding carboxylic acids is 1. The van der Waals surface area contributed by atoms with Gasteiger partial charge in [-0.15, -0.1) is 0 Å². The number of hydrogen-bond acceptors (Lipinski definition) is 5. The van der Waals surface area contributed by atoms with Gasteiger partial charge in [0.15, 0.2) is 5.09 Å². The summed E-state index contributed by atoms with van der Waals surface area (Å²) >= 11 is 1.18. The van der Waals surface area contributed by atoms with Crippen LogP contribution in [0.15, 0.2) is 21.6 Å². The van der Waals surface area contributed by atoms with Gasteiger partial charge in [-0.25, -0.2) is 4.79 Å². The van der Waals surface area contributed by atoms with Crippen LogP contribution in [0.1, 0.15) is 23.4 Å². The van der Waals surface area contributed by atoms with Crippen LogP contribution < -0.4 is 5.32 Å². The number of thioether (sulfide) groups is 1. The van der Waals surface area contributed by atoms with E-state index in [0.717, 1.165) is 12.8 Å². The number of carbonyl (C=O) groups is 2. The zero-order chi connectivity index (χ0) is 13.7. The van der Waals surface area contributed by atoms with Gasteiger partial charge in [-0.1, -0.05) is 11.8 Å². The molecule has 0 unspecified atom stereocenters. The van der Waals surface area contributed by atoms with Crippen LogP contribution in [0.25, 0.3) is 0 Å². The lowest BCUT2D eigenvalue weighted by Crippen LogP contribution is -2.39. The molecule has 2 heterocycles. The average Bonchev–Trinajstić information content (AvgIpc) is 2.86. The second kappa shape index (κ2) is 6.63. The lowest BCUT2D eigenvalue weighted by Gasteiger charge is -2.22. The summed E-state index contributed by atoms with van der Waals surface area (Å²) in [5, 5.41) is 12.0. The topological polar surface area (TPSA) is 88.8 Å². The number of hydrogen-bond donors (Lipinski definition) is 2. The Morgan fingerprint density at radius 2 is 2.11 bits per heavy atom. The first-order valence-electron chi connectivity index (χ1n) is 5.98. The highest BCUT2D eigenvalue weighted by molar-refractivity contribution is 7.99. The fraction of sp³-hybridized carbons (Fsp3) is 0.500. The van der Waals surface area contributed by atoms with E-state index in [-0.39, 0.29) is 23.5 Å². The molecule has 0 saturated carbocycles. The highest BCUT2D eigenvalue weighted by atomic mass is 32.2. The van der Waals surface area contributed by atoms with E-state index in [0.29, 0.717) is 18.3 Å². The Hall–Kier alpha value is -1.47. The van der Waals surface area contributed by atoms with Crippen molar-refractivity contribution in [1.82, 2.24) is 5.32 Å². The molecule has 1 amide bonds. The van der Waals surface area contributed by atoms with E-state index in [1.807, 2.05) is 0 Å². The summed E-state index contributed by atoms with van der Waals surface area (Å²) in [6.45, 7) is 1.36. The molecule has 104 valence electrons. The minimum atomic E-state index is -1.11. The molecule has 1 aliphatic rings. The largest absolute Gasteiger partial charge is 0.475 e. The number of carboxylic acids is 1. The molecule has 0 aromatic carbocycles. The third-order valence-electron chi connectivity index (χ3n) is 2.72. The fourth-order valence-corrected chi connectivity index (χ4v) is 2.43. The van der Waals surface area contributed by atoms with E-state index < -0.39 is 5.97 Å². The number of nitrogens with one attached hydrogen (secondary N) is 1. The van der Waals surface area contributed by atoms with Crippen LogP contribution in [0, 0.1) is 0 Å². The van der Waals surface area contributed by atoms with Gasteiger partial charge in [-0.3, -0.25) is 4.79 Å². The number of rotatable bonds is 5. The monoisotopic (exact) mass is 285 g/mol. The van der Waals surface area contributed by atoms with Crippen molar-refractivity contribution in [3.8, 4) is 0 Å². The molecular formula is C12H15NO5S. The van der Waals surface area contributed by atoms with Crippen LogP contribution in [0.4, 0.5) is 0 Å². The number of carboxylic acid groups (broad SMARTS) is 1. The second-order valence-corrected chi connectivity index (χ2v) is 5.15. The Morgan fingerprint density at radius 1 is 1.37 bits per heavy atom. The molecule has 0 radical (unpaired) electrons. The van der Waals surface area contributed by atoms with Gasteiger partial charge in [0, 0.05) is 19.3 Å². The summed E-state index contributed by atoms with van der Waals surface area (Å²) in [4.78, 5) is 22.3. The molecule has 0 bridgehead atoms. The molecule has 6 nitrogen and oxygen atoms in total. The van der Waals surface area contributed by atoms with Crippen molar-refractivity contribution in [3.05, 3.63) is 17.9 Å². The van der Waals surface area contributed by atoms with E-state index in [9.17, 15) is 9.59 Å². The van der Waals surface area contributed by atoms with Crippen LogP contribution in [0.3, 0.4) is 0 Å². The van der Waals surface area contributed by atoms with Crippen LogP contribution in [-0.4, -0.2) is 42.0 Å². The zero-order valence-electron chi connectivity index (χ0n) is 10.3. The Bertz CT molecular complexity index is 453. The minimum absolute atomic E-state index is 0.0785. The Labute approximate surface area is 114 Å². The Kier molecular flexibility index (Phi) is 4.86. The summed E-state index contributed by atoms with van der Waals surface area (Å²) in [5.74, 6) is -1.10. The third kappa shape index (κ3) is 4.29. The quantitative estimate of drug-likeness (QED) is 0.794. The SMILES string of the molecule is O=C(CSc1ccc(C(=O)O)o1)NC1CCOCC1. The number of furan rings is 1. The summed E-state index contributed by atoms with van der Waals surface area (Å²) in [6, 6.07) is 3.10. The van der Waals surface area contributed by atoms with Crippen molar-refractivity contribution < 1.29 is 23.8 Å². The van der Waals surface area contributed by atoms with Crippen molar-refractivity contribution in [2.75, 3.05) is 19.0 Å². The number of ether oxygens (including phenoxy) is 1. The van der Waals surface area contributed by atoms with Gasteiger partial charge >= 0.3 is 5.97 Å². The van der Waals surface area contributed by atoms with Crippen LogP contribution in [-0.2, 0) is 9.53 Å². The van der Waals surface area contributed by atoms with Gasteiger partial charge in [0.2, 0.25) is 11.7 Å². The summed E-state index contributed by atoms with van der Waals surface area (Å²) in [7, 11) is 0. The van der Waals surface area contributed by atoms with Crippen molar-refractivity contribution in [3.63, 3.8) is 0 Å². The van der Waals surface area contributed by atoms with E-state index in [4.69, 9.17) is 14.3 Å². The summed E-state index contributed by atoms with van der Waals surface area (Å²) < 4.78 is 10.3. The van der Waals surface area contributed by atoms with Gasteiger partial charge in [0.1, 0.15) is 0 Å². The van der Waals surface area contributed by atoms with Gasteiger partial charge in [0.25, 0.3) is 0 Å². The van der Waals surface area contributed by atoms with Gasteiger partial charge in [0.05, 0.1) is 5.75 Å². The molecule has 0 aliphatic carbocycles. The van der Waals surface area contributed by atoms with Crippen molar-refractivity contribution in [2.24, 2.45) is 0 Å². The van der Waals surface area contributed by atoms with E-state index >= 15 is 0 Å². The van der Waals surface area contributed by atoms with E-state index in [1.54, 1.807) is 6.07 Å². The van der Waals surface area contributed by atoms with E-state index in [1.165, 1.54) is 17.8 Å². The molecule has 2 N–H and O–H groups in total. The van der Waals surface area contributed by atoms with E-state index in [2.05, 4.69) is 5.32 Å². The zero-order valence-corrected chi connectivity index (χ0v) is 11.1. The third-order valence-corrected chi connectivity index (χ3v) is 3.63. The minimum Gasteiger partial charge on any atom is -0.475 e. The second-order valence-electron chi connectivity index (χ2n) is 4.17. The molecule has 1 aromatic heterocycles. The fourth-order valence-electron chi connectivity index (χ4n) is 1.76. The predicted octanol–water partition coefficient (Wildman–Crippen LogP) is 1.37. The smallest absolute Gasteiger partial charge is 0.371 e. The summed E-state index contributed by atoms with van der Waals surface area (Å²) in [5.41, 5.74) is 0. The maximum atomic E-state index is 11.7. The van der Waals surface area contributed by atoms with Gasteiger partial charge in [-0.2, -0.15) is 0 Å². The number of amides is 1. The maximum Gasteiger partial charge on any atom is 0.371 e. The summed E-state index contributed by atoms with van der Waals surface area (Å²) in [6.07, 6.45) is 1.67. The van der Waals surface area contributed by atoms with Crippen LogP contribution in [0.2, 0.25) is 0 Å². The average molecular weight is 285 g/mol. The van der Waals surface area contributed by atoms with Crippen molar-refractivity contribution in [1.29, 1.82) is 0 Å². The molecule has 7 heteroatoms. The lowest BCUT2D eigenvalue weighted by molar-refractivity contribution is -0.119. The molecule has 1 aliphatic heterocycles. The first kappa shape index (κ1) is 14.0. The van der Waals surface area contributed by atoms with Crippen LogP contribution >= 0.6 is 11.8 Å². The lowest BCUT2D eigenvalue weighted by atomic mass is 10.1. The molecule has 2 rings (SSSR count). The maximum absolute atomic E-state index is 11.7. The highest BCUT2D eigenvalue weighted by Gasteiger charge is 2.16. The molecule has 19 heavy (non-hydrogen) atoms. The van der Waals surface area contributed by atoms with Crippen LogP contribution in [0.5, 0.6) is 0 Å². The van der Waals surface area contributed by atoms with Gasteiger partial charge < -0.3 is 19.6 Å². The Balaban J connectivity index is 1.74. The first-order valence-corrected chi connectivity index (χ1v) is 6.97. The number of aromatic carboxylic acids is 1. The van der Waals surface area contributed by atoms with Crippen molar-refractivity contribution >= 4 is 23.6 Å². The highest BCUT2D eigenvalue weighted by Crippen LogP contribution is 2.21. The molecule has 1 saturated heterocycles. The molecule has 0 atom stereocenters. The Morgan fingerprint density at radius 3 is 2.74 bits per heavy atom. The normalized spacial score (nSPS) is 16.2. The molecular weight excluding hydrogens is 270 g/mol. The predicted molar refractivity (Wildman–Crippen MR) is 68.4 cm³/mol. The first-order chi connectivity index (χ1) is 9.15. The molecule has 0 spiro atoms. The van der Waals surface area contributed by atoms with Crippen molar-refractivity contribution in [2.45, 2.75) is 24.0 Å². The molecule has 1 aromatic rings.